The van der Waals surface area contributed by atoms with E-state index >= 15 is 0 Å². The maximum absolute atomic E-state index is 12.6. The molecule has 0 aliphatic heterocycles. The minimum absolute atomic E-state index is 0.0738. The molecule has 3 aromatic carbocycles. The Labute approximate surface area is 206 Å². The number of methoxy groups -OCH3 is 2. The average Bonchev–Trinajstić information content (AvgIpc) is 2.84. The zero-order valence-corrected chi connectivity index (χ0v) is 20.2. The molecule has 0 amide bonds. The monoisotopic (exact) mass is 494 g/mol. The molecule has 0 aliphatic rings. The fourth-order valence-corrected chi connectivity index (χ4v) is 3.55. The van der Waals surface area contributed by atoms with Crippen molar-refractivity contribution >= 4 is 16.9 Å². The highest BCUT2D eigenvalue weighted by molar-refractivity contribution is 5.94. The van der Waals surface area contributed by atoms with Gasteiger partial charge in [-0.1, -0.05) is 12.1 Å². The van der Waals surface area contributed by atoms with E-state index in [0.717, 1.165) is 11.6 Å². The van der Waals surface area contributed by atoms with Crippen LogP contribution in [0.2, 0.25) is 0 Å². The number of phenols is 3. The van der Waals surface area contributed by atoms with Gasteiger partial charge in [0.1, 0.15) is 29.1 Å². The Hall–Kier alpha value is -4.66. The molecule has 0 saturated heterocycles. The highest BCUT2D eigenvalue weighted by Gasteiger charge is 2.17. The zero-order chi connectivity index (χ0) is 26.4. The van der Waals surface area contributed by atoms with Crippen LogP contribution in [0.25, 0.3) is 22.1 Å². The quantitative estimate of drug-likeness (QED) is 0.335. The topological polar surface area (TPSA) is 136 Å². The van der Waals surface area contributed by atoms with Crippen molar-refractivity contribution in [3.8, 4) is 39.9 Å². The molecule has 0 unspecified atom stereocenters. The number of carbonyl (C=O) groups is 1. The summed E-state index contributed by atoms with van der Waals surface area (Å²) in [6.07, 6.45) is 1.37. The summed E-state index contributed by atoms with van der Waals surface area (Å²) in [7, 11) is 2.99. The Morgan fingerprint density at radius 1 is 0.944 bits per heavy atom. The van der Waals surface area contributed by atoms with Crippen LogP contribution >= 0.6 is 0 Å². The molecule has 0 radical (unpaired) electrons. The van der Waals surface area contributed by atoms with Gasteiger partial charge < -0.3 is 33.9 Å². The smallest absolute Gasteiger partial charge is 0.342 e. The van der Waals surface area contributed by atoms with Crippen molar-refractivity contribution in [2.75, 3.05) is 20.8 Å². The maximum atomic E-state index is 12.6. The number of esters is 1. The third-order valence-electron chi connectivity index (χ3n) is 5.26. The second kappa shape index (κ2) is 11.2. The van der Waals surface area contributed by atoms with Crippen LogP contribution in [-0.2, 0) is 4.74 Å². The Morgan fingerprint density at radius 2 is 1.64 bits per heavy atom. The van der Waals surface area contributed by atoms with Crippen molar-refractivity contribution in [2.24, 2.45) is 0 Å². The molecule has 1 aromatic heterocycles. The summed E-state index contributed by atoms with van der Waals surface area (Å²) < 4.78 is 20.5. The van der Waals surface area contributed by atoms with E-state index in [0.29, 0.717) is 22.3 Å². The van der Waals surface area contributed by atoms with Crippen LogP contribution in [0.4, 0.5) is 0 Å². The van der Waals surface area contributed by atoms with Gasteiger partial charge in [0.05, 0.1) is 31.8 Å². The van der Waals surface area contributed by atoms with Crippen LogP contribution in [0.15, 0.2) is 64.0 Å². The first-order valence-corrected chi connectivity index (χ1v) is 10.9. The lowest BCUT2D eigenvalue weighted by Gasteiger charge is -2.08. The van der Waals surface area contributed by atoms with E-state index in [1.807, 2.05) is 0 Å². The van der Waals surface area contributed by atoms with Gasteiger partial charge >= 0.3 is 5.97 Å². The predicted molar refractivity (Wildman–Crippen MR) is 133 cm³/mol. The number of fused-ring (bicyclic) bond motifs is 1. The summed E-state index contributed by atoms with van der Waals surface area (Å²) in [4.78, 5) is 24.0. The molecule has 188 valence electrons. The Kier molecular flexibility index (Phi) is 8.06. The molecule has 36 heavy (non-hydrogen) atoms. The second-order valence-corrected chi connectivity index (χ2v) is 7.58. The molecule has 0 saturated carbocycles. The number of benzene rings is 3. The Bertz CT molecular complexity index is 1410. The van der Waals surface area contributed by atoms with Crippen molar-refractivity contribution in [1.29, 1.82) is 0 Å². The largest absolute Gasteiger partial charge is 0.508 e. The van der Waals surface area contributed by atoms with Crippen LogP contribution in [-0.4, -0.2) is 42.1 Å². The van der Waals surface area contributed by atoms with Gasteiger partial charge in [-0.3, -0.25) is 4.79 Å². The summed E-state index contributed by atoms with van der Waals surface area (Å²) in [5, 5.41) is 28.6. The lowest BCUT2D eigenvalue weighted by molar-refractivity contribution is 0.0522. The van der Waals surface area contributed by atoms with Gasteiger partial charge in [-0.25, -0.2) is 4.79 Å². The minimum atomic E-state index is -0.581. The lowest BCUT2D eigenvalue weighted by atomic mass is 10.1. The molecule has 4 rings (SSSR count). The third-order valence-corrected chi connectivity index (χ3v) is 5.26. The number of ether oxygens (including phenoxy) is 3. The molecule has 3 N–H and O–H groups in total. The molecule has 0 fully saturated rings. The normalized spacial score (nSPS) is 10.3. The molecule has 0 bridgehead atoms. The van der Waals surface area contributed by atoms with Gasteiger partial charge in [0.15, 0.2) is 11.3 Å². The highest BCUT2D eigenvalue weighted by atomic mass is 16.5. The fraction of sp³-hybridized carbons (Fsp3) is 0.185. The lowest BCUT2D eigenvalue weighted by Crippen LogP contribution is -2.06. The Balaban J connectivity index is 0.000000223. The van der Waals surface area contributed by atoms with Crippen molar-refractivity contribution in [1.82, 2.24) is 0 Å². The molecular weight excluding hydrogens is 468 g/mol. The molecule has 0 spiro atoms. The van der Waals surface area contributed by atoms with Crippen LogP contribution < -0.4 is 14.9 Å². The van der Waals surface area contributed by atoms with Crippen LogP contribution in [0.5, 0.6) is 28.7 Å². The maximum Gasteiger partial charge on any atom is 0.342 e. The fourth-order valence-electron chi connectivity index (χ4n) is 3.55. The summed E-state index contributed by atoms with van der Waals surface area (Å²) in [6.45, 7) is 3.55. The number of carbonyl (C=O) groups excluding carboxylic acids is 1. The Morgan fingerprint density at radius 3 is 2.22 bits per heavy atom. The van der Waals surface area contributed by atoms with Gasteiger partial charge in [-0.15, -0.1) is 0 Å². The van der Waals surface area contributed by atoms with E-state index in [1.165, 1.54) is 31.6 Å². The van der Waals surface area contributed by atoms with Crippen LogP contribution in [0.1, 0.15) is 22.8 Å². The summed E-state index contributed by atoms with van der Waals surface area (Å²) in [5.41, 5.74) is 1.78. The van der Waals surface area contributed by atoms with Crippen molar-refractivity contribution in [3.05, 3.63) is 76.1 Å². The van der Waals surface area contributed by atoms with Crippen molar-refractivity contribution < 1.29 is 38.7 Å². The standard InChI is InChI=1S/C17H14O5.C10H12O4/c1-20-11-5-3-10(4-6-11)13-9-22-16-12(15(13)19)7-8-14(18)17(16)21-2;1-3-14-10(13)9-6(2)4-7(11)5-8(9)12/h3-9,18H,1-2H3;4-5,11-12H,3H2,1-2H3. The summed E-state index contributed by atoms with van der Waals surface area (Å²) >= 11 is 0. The van der Waals surface area contributed by atoms with Crippen LogP contribution in [0.3, 0.4) is 0 Å². The number of phenolic OH excluding ortho intramolecular Hbond substituents is 3. The van der Waals surface area contributed by atoms with E-state index in [9.17, 15) is 19.8 Å². The van der Waals surface area contributed by atoms with Gasteiger partial charge in [-0.2, -0.15) is 0 Å². The first-order valence-electron chi connectivity index (χ1n) is 10.9. The van der Waals surface area contributed by atoms with Gasteiger partial charge in [0, 0.05) is 6.07 Å². The SMILES string of the molecule is CCOC(=O)c1c(C)cc(O)cc1O.COc1ccc(-c2coc3c(OC)c(O)ccc3c2=O)cc1. The van der Waals surface area contributed by atoms with Crippen molar-refractivity contribution in [3.63, 3.8) is 0 Å². The zero-order valence-electron chi connectivity index (χ0n) is 20.2. The number of rotatable bonds is 5. The summed E-state index contributed by atoms with van der Waals surface area (Å²) in [5.74, 6) is -0.136. The van der Waals surface area contributed by atoms with Gasteiger partial charge in [-0.05, 0) is 55.3 Å². The molecule has 1 heterocycles. The summed E-state index contributed by atoms with van der Waals surface area (Å²) in [6, 6.07) is 12.6. The molecule has 0 atom stereocenters. The second-order valence-electron chi connectivity index (χ2n) is 7.58. The number of hydrogen-bond acceptors (Lipinski definition) is 9. The first kappa shape index (κ1) is 26.0. The number of aromatic hydroxyl groups is 3. The van der Waals surface area contributed by atoms with Gasteiger partial charge in [0.25, 0.3) is 0 Å². The average molecular weight is 494 g/mol. The van der Waals surface area contributed by atoms with Crippen molar-refractivity contribution in [2.45, 2.75) is 13.8 Å². The molecule has 0 aliphatic carbocycles. The number of hydrogen-bond donors (Lipinski definition) is 3. The molecule has 4 aromatic rings. The predicted octanol–water partition coefficient (Wildman–Crippen LogP) is 4.77. The van der Waals surface area contributed by atoms with Crippen LogP contribution in [0, 0.1) is 6.92 Å². The molecular formula is C27H26O9. The third kappa shape index (κ3) is 5.35. The highest BCUT2D eigenvalue weighted by Crippen LogP contribution is 2.34. The molecule has 9 nitrogen and oxygen atoms in total. The first-order chi connectivity index (χ1) is 17.2. The van der Waals surface area contributed by atoms with E-state index in [4.69, 9.17) is 23.7 Å². The minimum Gasteiger partial charge on any atom is -0.508 e. The van der Waals surface area contributed by atoms with E-state index in [2.05, 4.69) is 0 Å². The molecule has 9 heteroatoms. The van der Waals surface area contributed by atoms with E-state index < -0.39 is 5.97 Å². The number of aryl methyl sites for hydroxylation is 1. The van der Waals surface area contributed by atoms with E-state index in [-0.39, 0.29) is 46.2 Å². The van der Waals surface area contributed by atoms with Gasteiger partial charge in [0.2, 0.25) is 11.2 Å². The van der Waals surface area contributed by atoms with E-state index in [1.54, 1.807) is 45.2 Å².